The van der Waals surface area contributed by atoms with E-state index in [1.807, 2.05) is 24.3 Å². The van der Waals surface area contributed by atoms with Gasteiger partial charge in [-0.05, 0) is 45.1 Å². The number of piperazine rings is 1. The summed E-state index contributed by atoms with van der Waals surface area (Å²) >= 11 is 0. The third kappa shape index (κ3) is 4.53. The van der Waals surface area contributed by atoms with E-state index in [1.165, 1.54) is 0 Å². The third-order valence-corrected chi connectivity index (χ3v) is 4.73. The molecule has 0 aliphatic carbocycles. The summed E-state index contributed by atoms with van der Waals surface area (Å²) in [6.07, 6.45) is 2.22. The molecule has 0 spiro atoms. The lowest BCUT2D eigenvalue weighted by Gasteiger charge is -2.32. The average molecular weight is 317 g/mol. The summed E-state index contributed by atoms with van der Waals surface area (Å²) in [7, 11) is 2.13. The predicted octanol–water partition coefficient (Wildman–Crippen LogP) is 1.25. The van der Waals surface area contributed by atoms with Gasteiger partial charge in [0, 0.05) is 26.2 Å². The SMILES string of the molecule is CN1CCN(CC(=O)c2ccccc2OC2CCNCC2)CC1. The molecular weight excluding hydrogens is 290 g/mol. The number of para-hydroxylation sites is 1. The maximum atomic E-state index is 12.7. The van der Waals surface area contributed by atoms with Gasteiger partial charge in [0.05, 0.1) is 12.1 Å². The first-order chi connectivity index (χ1) is 11.2. The largest absolute Gasteiger partial charge is 0.490 e. The molecule has 0 aromatic heterocycles. The van der Waals surface area contributed by atoms with Crippen molar-refractivity contribution < 1.29 is 9.53 Å². The molecule has 2 aliphatic heterocycles. The summed E-state index contributed by atoms with van der Waals surface area (Å²) in [5.74, 6) is 0.914. The highest BCUT2D eigenvalue weighted by atomic mass is 16.5. The first-order valence-electron chi connectivity index (χ1n) is 8.63. The van der Waals surface area contributed by atoms with Crippen molar-refractivity contribution in [3.8, 4) is 5.75 Å². The summed E-state index contributed by atoms with van der Waals surface area (Å²) in [6, 6.07) is 7.70. The Kier molecular flexibility index (Phi) is 5.65. The van der Waals surface area contributed by atoms with Gasteiger partial charge < -0.3 is 15.0 Å². The van der Waals surface area contributed by atoms with Gasteiger partial charge in [-0.1, -0.05) is 12.1 Å². The molecule has 3 rings (SSSR count). The van der Waals surface area contributed by atoms with E-state index in [0.717, 1.165) is 63.4 Å². The highest BCUT2D eigenvalue weighted by Gasteiger charge is 2.21. The van der Waals surface area contributed by atoms with Gasteiger partial charge in [-0.25, -0.2) is 0 Å². The van der Waals surface area contributed by atoms with Gasteiger partial charge in [0.25, 0.3) is 0 Å². The highest BCUT2D eigenvalue weighted by molar-refractivity contribution is 6.00. The molecule has 5 heteroatoms. The average Bonchev–Trinajstić information content (AvgIpc) is 2.58. The molecule has 0 atom stereocenters. The van der Waals surface area contributed by atoms with E-state index < -0.39 is 0 Å². The Hall–Kier alpha value is -1.43. The minimum atomic E-state index is 0.166. The van der Waals surface area contributed by atoms with Crippen LogP contribution in [0.2, 0.25) is 0 Å². The van der Waals surface area contributed by atoms with E-state index in [4.69, 9.17) is 4.74 Å². The number of piperidine rings is 1. The Bertz CT molecular complexity index is 521. The number of hydrogen-bond donors (Lipinski definition) is 1. The lowest BCUT2D eigenvalue weighted by Crippen LogP contribution is -2.46. The van der Waals surface area contributed by atoms with Crippen molar-refractivity contribution in [3.05, 3.63) is 29.8 Å². The van der Waals surface area contributed by atoms with Crippen LogP contribution < -0.4 is 10.1 Å². The van der Waals surface area contributed by atoms with Crippen molar-refractivity contribution in [2.75, 3.05) is 52.9 Å². The zero-order valence-corrected chi connectivity index (χ0v) is 14.0. The fourth-order valence-corrected chi connectivity index (χ4v) is 3.19. The monoisotopic (exact) mass is 317 g/mol. The number of carbonyl (C=O) groups is 1. The Balaban J connectivity index is 1.63. The Morgan fingerprint density at radius 1 is 1.17 bits per heavy atom. The van der Waals surface area contributed by atoms with E-state index in [-0.39, 0.29) is 11.9 Å². The van der Waals surface area contributed by atoms with Crippen LogP contribution in [0.1, 0.15) is 23.2 Å². The molecule has 0 bridgehead atoms. The number of ether oxygens (including phenoxy) is 1. The summed E-state index contributed by atoms with van der Waals surface area (Å²) in [4.78, 5) is 17.2. The van der Waals surface area contributed by atoms with E-state index in [1.54, 1.807) is 0 Å². The van der Waals surface area contributed by atoms with Crippen LogP contribution in [0, 0.1) is 0 Å². The summed E-state index contributed by atoms with van der Waals surface area (Å²) in [5, 5.41) is 3.34. The Morgan fingerprint density at radius 3 is 2.61 bits per heavy atom. The third-order valence-electron chi connectivity index (χ3n) is 4.73. The van der Waals surface area contributed by atoms with Crippen LogP contribution in [0.15, 0.2) is 24.3 Å². The second kappa shape index (κ2) is 7.90. The van der Waals surface area contributed by atoms with E-state index in [2.05, 4.69) is 22.2 Å². The van der Waals surface area contributed by atoms with Gasteiger partial charge in [-0.15, -0.1) is 0 Å². The van der Waals surface area contributed by atoms with E-state index in [9.17, 15) is 4.79 Å². The van der Waals surface area contributed by atoms with Crippen LogP contribution in [0.4, 0.5) is 0 Å². The van der Waals surface area contributed by atoms with E-state index >= 15 is 0 Å². The molecule has 1 N–H and O–H groups in total. The summed E-state index contributed by atoms with van der Waals surface area (Å²) in [5.41, 5.74) is 0.727. The van der Waals surface area contributed by atoms with Crippen LogP contribution in [0.3, 0.4) is 0 Å². The van der Waals surface area contributed by atoms with Gasteiger partial charge in [0.1, 0.15) is 11.9 Å². The second-order valence-electron chi connectivity index (χ2n) is 6.57. The number of Topliss-reactive ketones (excluding diaryl/α,β-unsaturated/α-hetero) is 1. The number of ketones is 1. The molecule has 0 radical (unpaired) electrons. The Morgan fingerprint density at radius 2 is 1.87 bits per heavy atom. The van der Waals surface area contributed by atoms with Crippen molar-refractivity contribution in [2.24, 2.45) is 0 Å². The molecule has 2 fully saturated rings. The lowest BCUT2D eigenvalue weighted by atomic mass is 10.1. The van der Waals surface area contributed by atoms with Crippen LogP contribution in [0.25, 0.3) is 0 Å². The molecular formula is C18H27N3O2. The number of hydrogen-bond acceptors (Lipinski definition) is 5. The van der Waals surface area contributed by atoms with Crippen molar-refractivity contribution in [1.29, 1.82) is 0 Å². The highest BCUT2D eigenvalue weighted by Crippen LogP contribution is 2.22. The number of carbonyl (C=O) groups excluding carboxylic acids is 1. The smallest absolute Gasteiger partial charge is 0.180 e. The minimum absolute atomic E-state index is 0.166. The topological polar surface area (TPSA) is 44.8 Å². The molecule has 0 saturated carbocycles. The maximum Gasteiger partial charge on any atom is 0.180 e. The zero-order valence-electron chi connectivity index (χ0n) is 14.0. The molecule has 0 unspecified atom stereocenters. The van der Waals surface area contributed by atoms with Gasteiger partial charge in [0.2, 0.25) is 0 Å². The molecule has 126 valence electrons. The van der Waals surface area contributed by atoms with Crippen LogP contribution in [0.5, 0.6) is 5.75 Å². The van der Waals surface area contributed by atoms with Crippen molar-refractivity contribution >= 4 is 5.78 Å². The molecule has 2 aliphatic rings. The first kappa shape index (κ1) is 16.4. The first-order valence-corrected chi connectivity index (χ1v) is 8.63. The fraction of sp³-hybridized carbons (Fsp3) is 0.611. The minimum Gasteiger partial charge on any atom is -0.490 e. The molecule has 2 saturated heterocycles. The van der Waals surface area contributed by atoms with Crippen LogP contribution in [-0.4, -0.2) is 74.5 Å². The maximum absolute atomic E-state index is 12.7. The van der Waals surface area contributed by atoms with Gasteiger partial charge in [0.15, 0.2) is 5.78 Å². The quantitative estimate of drug-likeness (QED) is 0.828. The van der Waals surface area contributed by atoms with Crippen LogP contribution in [-0.2, 0) is 0 Å². The van der Waals surface area contributed by atoms with Gasteiger partial charge in [-0.2, -0.15) is 0 Å². The van der Waals surface area contributed by atoms with Crippen molar-refractivity contribution in [2.45, 2.75) is 18.9 Å². The van der Waals surface area contributed by atoms with E-state index in [0.29, 0.717) is 6.54 Å². The molecule has 23 heavy (non-hydrogen) atoms. The molecule has 1 aromatic carbocycles. The lowest BCUT2D eigenvalue weighted by molar-refractivity contribution is 0.0867. The standard InChI is InChI=1S/C18H27N3O2/c1-20-10-12-21(13-11-20)14-17(22)16-4-2-3-5-18(16)23-15-6-8-19-9-7-15/h2-5,15,19H,6-14H2,1H3. The van der Waals surface area contributed by atoms with Crippen molar-refractivity contribution in [1.82, 2.24) is 15.1 Å². The molecule has 0 amide bonds. The van der Waals surface area contributed by atoms with Crippen LogP contribution >= 0.6 is 0 Å². The number of rotatable bonds is 5. The molecule has 1 aromatic rings. The van der Waals surface area contributed by atoms with Gasteiger partial charge in [-0.3, -0.25) is 9.69 Å². The molecule has 5 nitrogen and oxygen atoms in total. The Labute approximate surface area is 138 Å². The number of nitrogens with zero attached hydrogens (tertiary/aromatic N) is 2. The number of benzene rings is 1. The fourth-order valence-electron chi connectivity index (χ4n) is 3.19. The summed E-state index contributed by atoms with van der Waals surface area (Å²) in [6.45, 7) is 6.44. The molecule has 2 heterocycles. The van der Waals surface area contributed by atoms with Gasteiger partial charge >= 0.3 is 0 Å². The van der Waals surface area contributed by atoms with Crippen molar-refractivity contribution in [3.63, 3.8) is 0 Å². The zero-order chi connectivity index (χ0) is 16.1. The normalized spacial score (nSPS) is 21.3. The second-order valence-corrected chi connectivity index (χ2v) is 6.57. The predicted molar refractivity (Wildman–Crippen MR) is 91.2 cm³/mol. The number of likely N-dealkylation sites (N-methyl/N-ethyl adjacent to an activating group) is 1. The number of nitrogens with one attached hydrogen (secondary N) is 1. The summed E-state index contributed by atoms with van der Waals surface area (Å²) < 4.78 is 6.13.